The van der Waals surface area contributed by atoms with Crippen LogP contribution in [0.15, 0.2) is 0 Å². The van der Waals surface area contributed by atoms with Crippen molar-refractivity contribution in [2.75, 3.05) is 33.8 Å². The van der Waals surface area contributed by atoms with Crippen LogP contribution in [0.4, 0.5) is 0 Å². The molecule has 1 saturated heterocycles. The molecule has 1 aliphatic rings. The molecule has 0 aromatic rings. The normalized spacial score (nSPS) is 24.1. The summed E-state index contributed by atoms with van der Waals surface area (Å²) in [5, 5.41) is 3.28. The van der Waals surface area contributed by atoms with Crippen molar-refractivity contribution in [3.63, 3.8) is 0 Å². The topological polar surface area (TPSA) is 41.6 Å². The lowest BCUT2D eigenvalue weighted by atomic mass is 10.1. The van der Waals surface area contributed by atoms with E-state index >= 15 is 0 Å². The Balaban J connectivity index is 2.25. The number of ether oxygens (including phenoxy) is 1. The highest BCUT2D eigenvalue weighted by atomic mass is 16.5. The average molecular weight is 214 g/mol. The molecular weight excluding hydrogens is 192 g/mol. The number of esters is 1. The van der Waals surface area contributed by atoms with E-state index in [0.29, 0.717) is 5.92 Å². The van der Waals surface area contributed by atoms with Crippen LogP contribution in [0.3, 0.4) is 0 Å². The summed E-state index contributed by atoms with van der Waals surface area (Å²) in [6.07, 6.45) is 2.01. The van der Waals surface area contributed by atoms with E-state index in [9.17, 15) is 4.79 Å². The summed E-state index contributed by atoms with van der Waals surface area (Å²) in [6, 6.07) is -0.138. The molecule has 2 unspecified atom stereocenters. The van der Waals surface area contributed by atoms with Crippen LogP contribution in [0.2, 0.25) is 0 Å². The molecule has 1 N–H and O–H groups in total. The van der Waals surface area contributed by atoms with Crippen LogP contribution in [0.25, 0.3) is 0 Å². The van der Waals surface area contributed by atoms with Crippen LogP contribution < -0.4 is 5.32 Å². The fourth-order valence-corrected chi connectivity index (χ4v) is 2.04. The second kappa shape index (κ2) is 6.08. The number of nitrogens with zero attached hydrogens (tertiary/aromatic N) is 1. The number of hydrogen-bond donors (Lipinski definition) is 1. The SMILES string of the molecule is CCC(NCC1CCN(C)C1)C(=O)OC. The molecule has 88 valence electrons. The largest absolute Gasteiger partial charge is 0.468 e. The van der Waals surface area contributed by atoms with Gasteiger partial charge in [0.1, 0.15) is 6.04 Å². The molecule has 1 rings (SSSR count). The van der Waals surface area contributed by atoms with Crippen molar-refractivity contribution in [1.29, 1.82) is 0 Å². The van der Waals surface area contributed by atoms with Crippen LogP contribution in [0.5, 0.6) is 0 Å². The third kappa shape index (κ3) is 3.80. The number of nitrogens with one attached hydrogen (secondary N) is 1. The Kier molecular flexibility index (Phi) is 5.05. The van der Waals surface area contributed by atoms with E-state index in [2.05, 4.69) is 17.3 Å². The summed E-state index contributed by atoms with van der Waals surface area (Å²) in [6.45, 7) is 5.21. The summed E-state index contributed by atoms with van der Waals surface area (Å²) in [5.74, 6) is 0.526. The van der Waals surface area contributed by atoms with Gasteiger partial charge < -0.3 is 15.0 Å². The van der Waals surface area contributed by atoms with Gasteiger partial charge in [-0.2, -0.15) is 0 Å². The highest BCUT2D eigenvalue weighted by molar-refractivity contribution is 5.75. The molecule has 0 radical (unpaired) electrons. The summed E-state index contributed by atoms with van der Waals surface area (Å²) >= 11 is 0. The predicted octanol–water partition coefficient (Wildman–Crippen LogP) is 0.479. The Bertz CT molecular complexity index is 209. The molecular formula is C11H22N2O2. The molecule has 0 aromatic carbocycles. The number of carbonyl (C=O) groups excluding carboxylic acids is 1. The van der Waals surface area contributed by atoms with Crippen molar-refractivity contribution >= 4 is 5.97 Å². The first kappa shape index (κ1) is 12.5. The van der Waals surface area contributed by atoms with Gasteiger partial charge in [-0.05, 0) is 32.4 Å². The first-order chi connectivity index (χ1) is 7.17. The Morgan fingerprint density at radius 1 is 1.67 bits per heavy atom. The number of hydrogen-bond acceptors (Lipinski definition) is 4. The zero-order valence-electron chi connectivity index (χ0n) is 9.95. The quantitative estimate of drug-likeness (QED) is 0.676. The van der Waals surface area contributed by atoms with Crippen molar-refractivity contribution < 1.29 is 9.53 Å². The van der Waals surface area contributed by atoms with Crippen LogP contribution in [0, 0.1) is 5.92 Å². The fraction of sp³-hybridized carbons (Fsp3) is 0.909. The highest BCUT2D eigenvalue weighted by Gasteiger charge is 2.22. The smallest absolute Gasteiger partial charge is 0.322 e. The number of rotatable bonds is 5. The van der Waals surface area contributed by atoms with Gasteiger partial charge in [-0.25, -0.2) is 0 Å². The van der Waals surface area contributed by atoms with Crippen molar-refractivity contribution in [3.8, 4) is 0 Å². The second-order valence-electron chi connectivity index (χ2n) is 4.31. The van der Waals surface area contributed by atoms with Gasteiger partial charge >= 0.3 is 5.97 Å². The lowest BCUT2D eigenvalue weighted by Crippen LogP contribution is -2.40. The fourth-order valence-electron chi connectivity index (χ4n) is 2.04. The summed E-state index contributed by atoms with van der Waals surface area (Å²) in [7, 11) is 3.58. The zero-order valence-corrected chi connectivity index (χ0v) is 9.95. The monoisotopic (exact) mass is 214 g/mol. The van der Waals surface area contributed by atoms with Gasteiger partial charge in [0.15, 0.2) is 0 Å². The molecule has 0 aliphatic carbocycles. The summed E-state index contributed by atoms with van der Waals surface area (Å²) in [4.78, 5) is 13.6. The molecule has 1 heterocycles. The van der Waals surface area contributed by atoms with E-state index < -0.39 is 0 Å². The minimum atomic E-state index is -0.149. The van der Waals surface area contributed by atoms with Crippen molar-refractivity contribution in [2.45, 2.75) is 25.8 Å². The van der Waals surface area contributed by atoms with Crippen molar-refractivity contribution in [3.05, 3.63) is 0 Å². The molecule has 15 heavy (non-hydrogen) atoms. The molecule has 4 nitrogen and oxygen atoms in total. The Hall–Kier alpha value is -0.610. The van der Waals surface area contributed by atoms with Gasteiger partial charge in [-0.15, -0.1) is 0 Å². The van der Waals surface area contributed by atoms with Gasteiger partial charge in [0.2, 0.25) is 0 Å². The Morgan fingerprint density at radius 3 is 2.87 bits per heavy atom. The summed E-state index contributed by atoms with van der Waals surface area (Å²) < 4.78 is 4.73. The molecule has 0 aromatic heterocycles. The first-order valence-electron chi connectivity index (χ1n) is 5.67. The van der Waals surface area contributed by atoms with Gasteiger partial charge in [-0.3, -0.25) is 4.79 Å². The maximum atomic E-state index is 11.3. The lowest BCUT2D eigenvalue weighted by molar-refractivity contribution is -0.143. The molecule has 2 atom stereocenters. The molecule has 1 aliphatic heterocycles. The molecule has 0 saturated carbocycles. The molecule has 0 bridgehead atoms. The Morgan fingerprint density at radius 2 is 2.40 bits per heavy atom. The van der Waals surface area contributed by atoms with E-state index in [1.807, 2.05) is 6.92 Å². The lowest BCUT2D eigenvalue weighted by Gasteiger charge is -2.17. The number of likely N-dealkylation sites (tertiary alicyclic amines) is 1. The van der Waals surface area contributed by atoms with E-state index in [1.54, 1.807) is 0 Å². The van der Waals surface area contributed by atoms with Gasteiger partial charge in [-0.1, -0.05) is 6.92 Å². The summed E-state index contributed by atoms with van der Waals surface area (Å²) in [5.41, 5.74) is 0. The number of carbonyl (C=O) groups is 1. The minimum Gasteiger partial charge on any atom is -0.468 e. The molecule has 1 fully saturated rings. The average Bonchev–Trinajstić information content (AvgIpc) is 2.64. The van der Waals surface area contributed by atoms with Gasteiger partial charge in [0, 0.05) is 13.1 Å². The van der Waals surface area contributed by atoms with Crippen molar-refractivity contribution in [1.82, 2.24) is 10.2 Å². The first-order valence-corrected chi connectivity index (χ1v) is 5.67. The highest BCUT2D eigenvalue weighted by Crippen LogP contribution is 2.13. The predicted molar refractivity (Wildman–Crippen MR) is 59.7 cm³/mol. The van der Waals surface area contributed by atoms with E-state index in [0.717, 1.165) is 19.5 Å². The van der Waals surface area contributed by atoms with Crippen LogP contribution in [-0.4, -0.2) is 50.7 Å². The van der Waals surface area contributed by atoms with Crippen molar-refractivity contribution in [2.24, 2.45) is 5.92 Å². The number of methoxy groups -OCH3 is 1. The minimum absolute atomic E-state index is 0.138. The molecule has 0 spiro atoms. The van der Waals surface area contributed by atoms with Crippen LogP contribution in [0.1, 0.15) is 19.8 Å². The molecule has 0 amide bonds. The maximum absolute atomic E-state index is 11.3. The third-order valence-corrected chi connectivity index (χ3v) is 3.04. The van der Waals surface area contributed by atoms with Crippen LogP contribution >= 0.6 is 0 Å². The van der Waals surface area contributed by atoms with E-state index in [4.69, 9.17) is 4.74 Å². The molecule has 4 heteroatoms. The second-order valence-corrected chi connectivity index (χ2v) is 4.31. The van der Waals surface area contributed by atoms with Gasteiger partial charge in [0.25, 0.3) is 0 Å². The zero-order chi connectivity index (χ0) is 11.3. The third-order valence-electron chi connectivity index (χ3n) is 3.04. The Labute approximate surface area is 92.0 Å². The van der Waals surface area contributed by atoms with E-state index in [1.165, 1.54) is 20.1 Å². The van der Waals surface area contributed by atoms with Gasteiger partial charge in [0.05, 0.1) is 7.11 Å². The maximum Gasteiger partial charge on any atom is 0.322 e. The van der Waals surface area contributed by atoms with Crippen LogP contribution in [-0.2, 0) is 9.53 Å². The van der Waals surface area contributed by atoms with E-state index in [-0.39, 0.29) is 12.0 Å². The standard InChI is InChI=1S/C11H22N2O2/c1-4-10(11(14)15-3)12-7-9-5-6-13(2)8-9/h9-10,12H,4-8H2,1-3H3.